The molecule has 2 N–H and O–H groups in total. The van der Waals surface area contributed by atoms with E-state index in [1.165, 1.54) is 12.8 Å². The number of hydrogen-bond donors (Lipinski definition) is 1. The van der Waals surface area contributed by atoms with Gasteiger partial charge in [0.2, 0.25) is 0 Å². The minimum atomic E-state index is 0.120. The lowest BCUT2D eigenvalue weighted by Crippen LogP contribution is -2.39. The Balaban J connectivity index is 2.05. The van der Waals surface area contributed by atoms with E-state index >= 15 is 0 Å². The molecule has 1 amide bonds. The second kappa shape index (κ2) is 6.20. The normalized spacial score (nSPS) is 23.1. The van der Waals surface area contributed by atoms with Gasteiger partial charge in [-0.25, -0.2) is 0 Å². The molecule has 2 rings (SSSR count). The molecule has 0 spiro atoms. The minimum absolute atomic E-state index is 0.120. The van der Waals surface area contributed by atoms with Gasteiger partial charge in [-0.15, -0.1) is 0 Å². The summed E-state index contributed by atoms with van der Waals surface area (Å²) >= 11 is 0. The summed E-state index contributed by atoms with van der Waals surface area (Å²) in [6, 6.07) is 8.05. The summed E-state index contributed by atoms with van der Waals surface area (Å²) in [4.78, 5) is 14.4. The highest BCUT2D eigenvalue weighted by Gasteiger charge is 2.25. The van der Waals surface area contributed by atoms with E-state index in [-0.39, 0.29) is 5.91 Å². The lowest BCUT2D eigenvalue weighted by Gasteiger charge is -2.33. The molecule has 0 radical (unpaired) electrons. The van der Waals surface area contributed by atoms with Crippen LogP contribution < -0.4 is 5.73 Å². The van der Waals surface area contributed by atoms with Crippen LogP contribution in [0.25, 0.3) is 0 Å². The summed E-state index contributed by atoms with van der Waals surface area (Å²) in [5.41, 5.74) is 7.39. The Hall–Kier alpha value is -1.35. The van der Waals surface area contributed by atoms with Crippen LogP contribution in [0.4, 0.5) is 0 Å². The number of carbonyl (C=O) groups excluding carboxylic acids is 1. The van der Waals surface area contributed by atoms with Gasteiger partial charge < -0.3 is 10.6 Å². The molecule has 1 aromatic carbocycles. The Bertz CT molecular complexity index is 436. The molecular formula is C16H24N2O. The van der Waals surface area contributed by atoms with Crippen LogP contribution in [0.5, 0.6) is 0 Å². The van der Waals surface area contributed by atoms with E-state index in [2.05, 4.69) is 6.92 Å². The van der Waals surface area contributed by atoms with Gasteiger partial charge in [-0.05, 0) is 49.3 Å². The van der Waals surface area contributed by atoms with Crippen LogP contribution in [-0.2, 0) is 6.54 Å². The zero-order valence-corrected chi connectivity index (χ0v) is 11.9. The predicted molar refractivity (Wildman–Crippen MR) is 77.8 cm³/mol. The molecule has 0 heterocycles. The van der Waals surface area contributed by atoms with Crippen molar-refractivity contribution in [3.8, 4) is 0 Å². The predicted octanol–water partition coefficient (Wildman–Crippen LogP) is 2.80. The van der Waals surface area contributed by atoms with Crippen molar-refractivity contribution in [2.24, 2.45) is 11.7 Å². The van der Waals surface area contributed by atoms with Crippen LogP contribution in [0.15, 0.2) is 24.3 Å². The number of nitrogens with zero attached hydrogens (tertiary/aromatic N) is 1. The molecule has 0 aliphatic heterocycles. The molecule has 0 unspecified atom stereocenters. The molecule has 3 heteroatoms. The van der Waals surface area contributed by atoms with Gasteiger partial charge in [-0.1, -0.05) is 19.1 Å². The summed E-state index contributed by atoms with van der Waals surface area (Å²) < 4.78 is 0. The number of rotatable bonds is 3. The highest BCUT2D eigenvalue weighted by atomic mass is 16.2. The smallest absolute Gasteiger partial charge is 0.253 e. The first kappa shape index (κ1) is 14.1. The van der Waals surface area contributed by atoms with Gasteiger partial charge in [0.05, 0.1) is 0 Å². The van der Waals surface area contributed by atoms with Crippen LogP contribution in [0.1, 0.15) is 48.5 Å². The second-order valence-electron chi connectivity index (χ2n) is 5.73. The number of nitrogens with two attached hydrogens (primary N) is 1. The second-order valence-corrected chi connectivity index (χ2v) is 5.73. The molecule has 1 aliphatic rings. The molecule has 1 aromatic rings. The van der Waals surface area contributed by atoms with E-state index in [4.69, 9.17) is 5.73 Å². The van der Waals surface area contributed by atoms with E-state index in [0.717, 1.165) is 29.9 Å². The van der Waals surface area contributed by atoms with E-state index in [1.54, 1.807) is 0 Å². The summed E-state index contributed by atoms with van der Waals surface area (Å²) in [7, 11) is 1.93. The van der Waals surface area contributed by atoms with Gasteiger partial charge in [0, 0.05) is 25.2 Å². The van der Waals surface area contributed by atoms with Gasteiger partial charge in [0.1, 0.15) is 0 Å². The van der Waals surface area contributed by atoms with Crippen molar-refractivity contribution >= 4 is 5.91 Å². The van der Waals surface area contributed by atoms with Crippen molar-refractivity contribution in [1.29, 1.82) is 0 Å². The average molecular weight is 260 g/mol. The summed E-state index contributed by atoms with van der Waals surface area (Å²) in [6.07, 6.45) is 4.70. The Labute approximate surface area is 115 Å². The molecule has 1 fully saturated rings. The van der Waals surface area contributed by atoms with Crippen molar-refractivity contribution in [2.75, 3.05) is 7.05 Å². The first-order valence-corrected chi connectivity index (χ1v) is 7.18. The van der Waals surface area contributed by atoms with Crippen LogP contribution in [0.3, 0.4) is 0 Å². The number of hydrogen-bond acceptors (Lipinski definition) is 2. The third-order valence-corrected chi connectivity index (χ3v) is 4.26. The van der Waals surface area contributed by atoms with Crippen LogP contribution in [0, 0.1) is 5.92 Å². The maximum atomic E-state index is 12.5. The third-order valence-electron chi connectivity index (χ3n) is 4.26. The van der Waals surface area contributed by atoms with Crippen molar-refractivity contribution in [3.63, 3.8) is 0 Å². The molecule has 0 saturated heterocycles. The zero-order chi connectivity index (χ0) is 13.8. The monoisotopic (exact) mass is 260 g/mol. The van der Waals surface area contributed by atoms with E-state index in [0.29, 0.717) is 12.6 Å². The molecule has 104 valence electrons. The number of amides is 1. The quantitative estimate of drug-likeness (QED) is 0.908. The molecule has 0 aromatic heterocycles. The topological polar surface area (TPSA) is 46.3 Å². The van der Waals surface area contributed by atoms with Crippen molar-refractivity contribution in [2.45, 2.75) is 45.2 Å². The van der Waals surface area contributed by atoms with E-state index in [1.807, 2.05) is 36.2 Å². The standard InChI is InChI=1S/C16H24N2O/c1-12-6-8-15(9-7-12)18(2)16(19)14-5-3-4-13(10-14)11-17/h3-5,10,12,15H,6-9,11,17H2,1-2H3. The molecular weight excluding hydrogens is 236 g/mol. The van der Waals surface area contributed by atoms with Gasteiger partial charge >= 0.3 is 0 Å². The van der Waals surface area contributed by atoms with Crippen LogP contribution >= 0.6 is 0 Å². The lowest BCUT2D eigenvalue weighted by atomic mass is 9.86. The Morgan fingerprint density at radius 3 is 2.63 bits per heavy atom. The van der Waals surface area contributed by atoms with Crippen LogP contribution in [0.2, 0.25) is 0 Å². The summed E-state index contributed by atoms with van der Waals surface area (Å²) in [5, 5.41) is 0. The highest BCUT2D eigenvalue weighted by molar-refractivity contribution is 5.94. The third kappa shape index (κ3) is 3.35. The maximum absolute atomic E-state index is 12.5. The van der Waals surface area contributed by atoms with Gasteiger partial charge in [-0.2, -0.15) is 0 Å². The van der Waals surface area contributed by atoms with Gasteiger partial charge in [-0.3, -0.25) is 4.79 Å². The molecule has 1 aliphatic carbocycles. The van der Waals surface area contributed by atoms with E-state index in [9.17, 15) is 4.79 Å². The zero-order valence-electron chi connectivity index (χ0n) is 11.9. The highest BCUT2D eigenvalue weighted by Crippen LogP contribution is 2.27. The van der Waals surface area contributed by atoms with Crippen molar-refractivity contribution in [1.82, 2.24) is 4.90 Å². The van der Waals surface area contributed by atoms with Gasteiger partial charge in [0.25, 0.3) is 5.91 Å². The Morgan fingerprint density at radius 2 is 2.00 bits per heavy atom. The Morgan fingerprint density at radius 1 is 1.32 bits per heavy atom. The first-order valence-electron chi connectivity index (χ1n) is 7.18. The molecule has 1 saturated carbocycles. The fraction of sp³-hybridized carbons (Fsp3) is 0.562. The van der Waals surface area contributed by atoms with Crippen LogP contribution in [-0.4, -0.2) is 23.9 Å². The SMILES string of the molecule is CC1CCC(N(C)C(=O)c2cccc(CN)c2)CC1. The average Bonchev–Trinajstić information content (AvgIpc) is 2.46. The first-order chi connectivity index (χ1) is 9.11. The van der Waals surface area contributed by atoms with Crippen molar-refractivity contribution < 1.29 is 4.79 Å². The summed E-state index contributed by atoms with van der Waals surface area (Å²) in [6.45, 7) is 2.77. The number of benzene rings is 1. The molecule has 0 atom stereocenters. The number of carbonyl (C=O) groups is 1. The molecule has 3 nitrogen and oxygen atoms in total. The summed E-state index contributed by atoms with van der Waals surface area (Å²) in [5.74, 6) is 0.926. The molecule has 0 bridgehead atoms. The largest absolute Gasteiger partial charge is 0.339 e. The van der Waals surface area contributed by atoms with Gasteiger partial charge in [0.15, 0.2) is 0 Å². The maximum Gasteiger partial charge on any atom is 0.253 e. The molecule has 19 heavy (non-hydrogen) atoms. The van der Waals surface area contributed by atoms with E-state index < -0.39 is 0 Å². The Kier molecular flexibility index (Phi) is 4.59. The fourth-order valence-electron chi connectivity index (χ4n) is 2.83. The fourth-order valence-corrected chi connectivity index (χ4v) is 2.83. The lowest BCUT2D eigenvalue weighted by molar-refractivity contribution is 0.0679. The minimum Gasteiger partial charge on any atom is -0.339 e. The van der Waals surface area contributed by atoms with Crippen molar-refractivity contribution in [3.05, 3.63) is 35.4 Å².